The molecule has 3 aromatic rings. The first-order valence-corrected chi connectivity index (χ1v) is 6.92. The minimum absolute atomic E-state index is 0.0879. The quantitative estimate of drug-likeness (QED) is 0.789. The van der Waals surface area contributed by atoms with Crippen LogP contribution in [0.4, 0.5) is 20.2 Å². The maximum absolute atomic E-state index is 14.1. The topological polar surface area (TPSA) is 59.8 Å². The van der Waals surface area contributed by atoms with Crippen molar-refractivity contribution in [3.05, 3.63) is 57.9 Å². The molecule has 0 spiro atoms. The summed E-state index contributed by atoms with van der Waals surface area (Å²) in [5.41, 5.74) is 1.12. The molecule has 0 aliphatic carbocycles. The molecule has 2 aromatic heterocycles. The number of aryl methyl sites for hydroxylation is 3. The van der Waals surface area contributed by atoms with Gasteiger partial charge in [0.1, 0.15) is 5.69 Å². The summed E-state index contributed by atoms with van der Waals surface area (Å²) in [4.78, 5) is 20.1. The zero-order valence-corrected chi connectivity index (χ0v) is 12.8. The van der Waals surface area contributed by atoms with E-state index >= 15 is 0 Å². The van der Waals surface area contributed by atoms with E-state index in [0.717, 1.165) is 6.20 Å². The fourth-order valence-electron chi connectivity index (χ4n) is 2.40. The highest BCUT2D eigenvalue weighted by Gasteiger charge is 2.15. The van der Waals surface area contributed by atoms with Gasteiger partial charge < -0.3 is 9.88 Å². The number of benzene rings is 1. The monoisotopic (exact) mass is 316 g/mol. The molecular formula is C16H14F2N4O. The van der Waals surface area contributed by atoms with Gasteiger partial charge in [-0.05, 0) is 31.5 Å². The third kappa shape index (κ3) is 2.44. The highest BCUT2D eigenvalue weighted by molar-refractivity contribution is 5.87. The van der Waals surface area contributed by atoms with E-state index < -0.39 is 11.6 Å². The van der Waals surface area contributed by atoms with Crippen LogP contribution in [0, 0.1) is 25.5 Å². The summed E-state index contributed by atoms with van der Waals surface area (Å²) < 4.78 is 29.3. The molecule has 0 bridgehead atoms. The lowest BCUT2D eigenvalue weighted by Gasteiger charge is -2.13. The SMILES string of the molecule is Cc1ncc(F)c(Nc2ccc3ncn(C)c(=O)c3c2C)c1F. The predicted octanol–water partition coefficient (Wildman–Crippen LogP) is 2.97. The van der Waals surface area contributed by atoms with Crippen molar-refractivity contribution in [3.63, 3.8) is 0 Å². The maximum Gasteiger partial charge on any atom is 0.261 e. The van der Waals surface area contributed by atoms with Crippen molar-refractivity contribution in [2.45, 2.75) is 13.8 Å². The summed E-state index contributed by atoms with van der Waals surface area (Å²) in [6.07, 6.45) is 2.39. The Balaban J connectivity index is 2.19. The van der Waals surface area contributed by atoms with Gasteiger partial charge in [-0.15, -0.1) is 0 Å². The second kappa shape index (κ2) is 5.42. The van der Waals surface area contributed by atoms with Crippen molar-refractivity contribution in [2.24, 2.45) is 7.05 Å². The minimum atomic E-state index is -0.799. The van der Waals surface area contributed by atoms with Gasteiger partial charge in [0.2, 0.25) is 0 Å². The summed E-state index contributed by atoms with van der Waals surface area (Å²) in [5, 5.41) is 3.13. The molecule has 0 atom stereocenters. The van der Waals surface area contributed by atoms with Crippen molar-refractivity contribution in [1.29, 1.82) is 0 Å². The van der Waals surface area contributed by atoms with Gasteiger partial charge in [-0.1, -0.05) is 0 Å². The van der Waals surface area contributed by atoms with Crippen LogP contribution in [-0.4, -0.2) is 14.5 Å². The highest BCUT2D eigenvalue weighted by Crippen LogP contribution is 2.28. The van der Waals surface area contributed by atoms with Gasteiger partial charge >= 0.3 is 0 Å². The molecule has 0 fully saturated rings. The van der Waals surface area contributed by atoms with Gasteiger partial charge in [0, 0.05) is 12.7 Å². The molecule has 2 heterocycles. The van der Waals surface area contributed by atoms with E-state index in [1.54, 1.807) is 26.1 Å². The van der Waals surface area contributed by atoms with E-state index in [4.69, 9.17) is 0 Å². The zero-order valence-electron chi connectivity index (χ0n) is 12.8. The number of pyridine rings is 1. The van der Waals surface area contributed by atoms with Gasteiger partial charge in [-0.3, -0.25) is 9.78 Å². The fourth-order valence-corrected chi connectivity index (χ4v) is 2.40. The first kappa shape index (κ1) is 15.1. The molecule has 0 aliphatic heterocycles. The standard InChI is InChI=1S/C16H14F2N4O/c1-8-11(21-15-10(17)6-19-9(2)14(15)18)4-5-12-13(8)16(23)22(3)7-20-12/h4-7H,1-3H3,(H,19,21). The molecule has 1 aromatic carbocycles. The molecular weight excluding hydrogens is 302 g/mol. The Kier molecular flexibility index (Phi) is 3.55. The van der Waals surface area contributed by atoms with Gasteiger partial charge in [-0.25, -0.2) is 13.8 Å². The second-order valence-corrected chi connectivity index (χ2v) is 5.30. The number of anilines is 2. The van der Waals surface area contributed by atoms with E-state index in [9.17, 15) is 13.6 Å². The zero-order chi connectivity index (χ0) is 16.7. The highest BCUT2D eigenvalue weighted by atomic mass is 19.1. The van der Waals surface area contributed by atoms with Gasteiger partial charge in [0.05, 0.1) is 29.1 Å². The van der Waals surface area contributed by atoms with Gasteiger partial charge in [0.25, 0.3) is 5.56 Å². The number of hydrogen-bond donors (Lipinski definition) is 1. The fraction of sp³-hybridized carbons (Fsp3) is 0.188. The number of halogens is 2. The Morgan fingerprint density at radius 2 is 1.91 bits per heavy atom. The number of rotatable bonds is 2. The molecule has 0 radical (unpaired) electrons. The van der Waals surface area contributed by atoms with Crippen LogP contribution in [0.25, 0.3) is 10.9 Å². The Bertz CT molecular complexity index is 982. The molecule has 5 nitrogen and oxygen atoms in total. The van der Waals surface area contributed by atoms with Crippen molar-refractivity contribution in [1.82, 2.24) is 14.5 Å². The molecule has 0 saturated heterocycles. The molecule has 0 saturated carbocycles. The molecule has 23 heavy (non-hydrogen) atoms. The smallest absolute Gasteiger partial charge is 0.261 e. The van der Waals surface area contributed by atoms with Crippen LogP contribution >= 0.6 is 0 Å². The average Bonchev–Trinajstić information content (AvgIpc) is 2.53. The molecule has 7 heteroatoms. The van der Waals surface area contributed by atoms with Crippen LogP contribution in [0.2, 0.25) is 0 Å². The summed E-state index contributed by atoms with van der Waals surface area (Å²) in [6, 6.07) is 3.27. The van der Waals surface area contributed by atoms with E-state index in [1.165, 1.54) is 17.8 Å². The molecule has 1 N–H and O–H groups in total. The molecule has 0 amide bonds. The number of hydrogen-bond acceptors (Lipinski definition) is 4. The van der Waals surface area contributed by atoms with Crippen LogP contribution in [0.3, 0.4) is 0 Å². The van der Waals surface area contributed by atoms with Crippen LogP contribution in [0.5, 0.6) is 0 Å². The van der Waals surface area contributed by atoms with Gasteiger partial charge in [-0.2, -0.15) is 0 Å². The van der Waals surface area contributed by atoms with E-state index in [0.29, 0.717) is 22.2 Å². The summed E-state index contributed by atoms with van der Waals surface area (Å²) in [5.74, 6) is -1.56. The summed E-state index contributed by atoms with van der Waals surface area (Å²) in [7, 11) is 1.60. The van der Waals surface area contributed by atoms with Crippen LogP contribution in [-0.2, 0) is 7.05 Å². The van der Waals surface area contributed by atoms with E-state index in [-0.39, 0.29) is 16.9 Å². The Morgan fingerprint density at radius 3 is 2.65 bits per heavy atom. The maximum atomic E-state index is 14.1. The first-order chi connectivity index (χ1) is 10.9. The van der Waals surface area contributed by atoms with Crippen molar-refractivity contribution >= 4 is 22.3 Å². The third-order valence-electron chi connectivity index (χ3n) is 3.75. The Morgan fingerprint density at radius 1 is 1.17 bits per heavy atom. The van der Waals surface area contributed by atoms with Crippen molar-refractivity contribution in [3.8, 4) is 0 Å². The van der Waals surface area contributed by atoms with Crippen LogP contribution in [0.15, 0.2) is 29.5 Å². The first-order valence-electron chi connectivity index (χ1n) is 6.92. The van der Waals surface area contributed by atoms with Crippen LogP contribution in [0.1, 0.15) is 11.3 Å². The molecule has 118 valence electrons. The lowest BCUT2D eigenvalue weighted by atomic mass is 10.1. The van der Waals surface area contributed by atoms with Gasteiger partial charge in [0.15, 0.2) is 11.6 Å². The van der Waals surface area contributed by atoms with E-state index in [1.807, 2.05) is 0 Å². The lowest BCUT2D eigenvalue weighted by molar-refractivity contribution is 0.572. The van der Waals surface area contributed by atoms with E-state index in [2.05, 4.69) is 15.3 Å². The Hall–Kier alpha value is -2.83. The number of nitrogens with zero attached hydrogens (tertiary/aromatic N) is 3. The largest absolute Gasteiger partial charge is 0.350 e. The molecule has 3 rings (SSSR count). The Labute approximate surface area is 130 Å². The van der Waals surface area contributed by atoms with Crippen molar-refractivity contribution < 1.29 is 8.78 Å². The molecule has 0 unspecified atom stereocenters. The molecule has 0 aliphatic rings. The van der Waals surface area contributed by atoms with Crippen molar-refractivity contribution in [2.75, 3.05) is 5.32 Å². The summed E-state index contributed by atoms with van der Waals surface area (Å²) >= 11 is 0. The minimum Gasteiger partial charge on any atom is -0.350 e. The number of nitrogens with one attached hydrogen (secondary N) is 1. The summed E-state index contributed by atoms with van der Waals surface area (Å²) in [6.45, 7) is 3.16. The lowest BCUT2D eigenvalue weighted by Crippen LogP contribution is -2.18. The second-order valence-electron chi connectivity index (χ2n) is 5.30. The third-order valence-corrected chi connectivity index (χ3v) is 3.75. The van der Waals surface area contributed by atoms with Crippen LogP contribution < -0.4 is 10.9 Å². The normalized spacial score (nSPS) is 11.0. The number of fused-ring (bicyclic) bond motifs is 1. The average molecular weight is 316 g/mol. The number of aromatic nitrogens is 3. The predicted molar refractivity (Wildman–Crippen MR) is 83.9 cm³/mol.